The average molecular weight is 237 g/mol. The van der Waals surface area contributed by atoms with E-state index in [4.69, 9.17) is 5.11 Å². The fourth-order valence-electron chi connectivity index (χ4n) is 1.28. The number of anilines is 1. The fraction of sp³-hybridized carbons (Fsp3) is 0.364. The van der Waals surface area contributed by atoms with E-state index in [0.29, 0.717) is 11.4 Å². The highest BCUT2D eigenvalue weighted by molar-refractivity contribution is 5.93. The smallest absolute Gasteiger partial charge is 0.323 e. The first kappa shape index (κ1) is 13.0. The van der Waals surface area contributed by atoms with Crippen molar-refractivity contribution in [3.63, 3.8) is 0 Å². The van der Waals surface area contributed by atoms with Crippen LogP contribution in [0.1, 0.15) is 10.4 Å². The Bertz CT molecular complexity index is 414. The fourth-order valence-corrected chi connectivity index (χ4v) is 1.28. The molecule has 17 heavy (non-hydrogen) atoms. The molecule has 0 aliphatic heterocycles. The van der Waals surface area contributed by atoms with Gasteiger partial charge < -0.3 is 14.9 Å². The lowest BCUT2D eigenvalue weighted by atomic mass is 10.2. The summed E-state index contributed by atoms with van der Waals surface area (Å²) >= 11 is 0. The van der Waals surface area contributed by atoms with Crippen molar-refractivity contribution < 1.29 is 14.7 Å². The molecule has 0 aliphatic carbocycles. The van der Waals surface area contributed by atoms with E-state index in [0.717, 1.165) is 0 Å². The van der Waals surface area contributed by atoms with Gasteiger partial charge in [-0.3, -0.25) is 9.59 Å². The van der Waals surface area contributed by atoms with Crippen LogP contribution >= 0.6 is 0 Å². The Morgan fingerprint density at radius 2 is 1.94 bits per heavy atom. The molecule has 0 fully saturated rings. The summed E-state index contributed by atoms with van der Waals surface area (Å²) in [7, 11) is 4.95. The van der Waals surface area contributed by atoms with Crippen LogP contribution in [0.25, 0.3) is 0 Å². The first-order chi connectivity index (χ1) is 7.91. The molecule has 1 aromatic heterocycles. The predicted octanol–water partition coefficient (Wildman–Crippen LogP) is 0.304. The van der Waals surface area contributed by atoms with Crippen molar-refractivity contribution in [3.8, 4) is 0 Å². The lowest BCUT2D eigenvalue weighted by Gasteiger charge is -2.16. The standard InChI is InChI=1S/C11H15N3O3/c1-13(2)11(17)8-4-5-9(12-6-8)14(3)7-10(15)16/h4-6H,7H2,1-3H3,(H,15,16). The van der Waals surface area contributed by atoms with Crippen LogP contribution in [0, 0.1) is 0 Å². The molecule has 0 saturated heterocycles. The second kappa shape index (κ2) is 5.29. The van der Waals surface area contributed by atoms with Gasteiger partial charge >= 0.3 is 5.97 Å². The molecule has 0 aromatic carbocycles. The lowest BCUT2D eigenvalue weighted by molar-refractivity contribution is -0.135. The first-order valence-electron chi connectivity index (χ1n) is 5.02. The molecule has 92 valence electrons. The molecule has 1 amide bonds. The van der Waals surface area contributed by atoms with E-state index in [1.54, 1.807) is 33.3 Å². The minimum Gasteiger partial charge on any atom is -0.480 e. The van der Waals surface area contributed by atoms with Crippen LogP contribution in [0.3, 0.4) is 0 Å². The van der Waals surface area contributed by atoms with E-state index >= 15 is 0 Å². The number of hydrogen-bond donors (Lipinski definition) is 1. The minimum absolute atomic E-state index is 0.131. The van der Waals surface area contributed by atoms with Crippen LogP contribution in [0.15, 0.2) is 18.3 Å². The lowest BCUT2D eigenvalue weighted by Crippen LogP contribution is -2.26. The van der Waals surface area contributed by atoms with E-state index in [-0.39, 0.29) is 12.5 Å². The van der Waals surface area contributed by atoms with E-state index in [9.17, 15) is 9.59 Å². The third kappa shape index (κ3) is 3.44. The van der Waals surface area contributed by atoms with Crippen molar-refractivity contribution in [3.05, 3.63) is 23.9 Å². The van der Waals surface area contributed by atoms with Gasteiger partial charge in [0.15, 0.2) is 0 Å². The largest absolute Gasteiger partial charge is 0.480 e. The number of rotatable bonds is 4. The summed E-state index contributed by atoms with van der Waals surface area (Å²) in [5.41, 5.74) is 0.475. The molecule has 1 rings (SSSR count). The average Bonchev–Trinajstić information content (AvgIpc) is 2.27. The maximum Gasteiger partial charge on any atom is 0.323 e. The highest BCUT2D eigenvalue weighted by atomic mass is 16.4. The number of amides is 1. The van der Waals surface area contributed by atoms with Crippen LogP contribution in [0.2, 0.25) is 0 Å². The maximum absolute atomic E-state index is 11.6. The van der Waals surface area contributed by atoms with Crippen LogP contribution in [0.5, 0.6) is 0 Å². The Balaban J connectivity index is 2.81. The number of carbonyl (C=O) groups excluding carboxylic acids is 1. The van der Waals surface area contributed by atoms with Crippen molar-refractivity contribution >= 4 is 17.7 Å². The second-order valence-corrected chi connectivity index (χ2v) is 3.85. The van der Waals surface area contributed by atoms with Gasteiger partial charge in [0.1, 0.15) is 12.4 Å². The molecule has 6 heteroatoms. The molecule has 1 heterocycles. The van der Waals surface area contributed by atoms with E-state index in [1.165, 1.54) is 16.0 Å². The molecule has 0 saturated carbocycles. The number of carbonyl (C=O) groups is 2. The summed E-state index contributed by atoms with van der Waals surface area (Å²) in [6, 6.07) is 3.25. The summed E-state index contributed by atoms with van der Waals surface area (Å²) < 4.78 is 0. The molecule has 0 unspecified atom stereocenters. The molecule has 0 atom stereocenters. The molecule has 0 radical (unpaired) electrons. The summed E-state index contributed by atoms with van der Waals surface area (Å²) in [4.78, 5) is 29.1. The van der Waals surface area contributed by atoms with Gasteiger partial charge in [-0.15, -0.1) is 0 Å². The quantitative estimate of drug-likeness (QED) is 0.815. The van der Waals surface area contributed by atoms with E-state index < -0.39 is 5.97 Å². The van der Waals surface area contributed by atoms with Crippen LogP contribution in [-0.4, -0.2) is 54.6 Å². The monoisotopic (exact) mass is 237 g/mol. The topological polar surface area (TPSA) is 73.7 Å². The van der Waals surface area contributed by atoms with Crippen molar-refractivity contribution in [2.75, 3.05) is 32.6 Å². The molecule has 0 spiro atoms. The van der Waals surface area contributed by atoms with Gasteiger partial charge in [0.05, 0.1) is 5.56 Å². The minimum atomic E-state index is -0.928. The molecule has 6 nitrogen and oxygen atoms in total. The highest BCUT2D eigenvalue weighted by Crippen LogP contribution is 2.10. The number of likely N-dealkylation sites (N-methyl/N-ethyl adjacent to an activating group) is 1. The molecule has 0 aliphatic rings. The Labute approximate surface area is 99.5 Å². The van der Waals surface area contributed by atoms with Crippen molar-refractivity contribution in [1.82, 2.24) is 9.88 Å². The van der Waals surface area contributed by atoms with Gasteiger partial charge in [-0.2, -0.15) is 0 Å². The van der Waals surface area contributed by atoms with Gasteiger partial charge in [-0.1, -0.05) is 0 Å². The summed E-state index contributed by atoms with van der Waals surface area (Å²) in [6.45, 7) is -0.131. The number of pyridine rings is 1. The zero-order valence-electron chi connectivity index (χ0n) is 10.0. The second-order valence-electron chi connectivity index (χ2n) is 3.85. The Morgan fingerprint density at radius 1 is 1.29 bits per heavy atom. The normalized spacial score (nSPS) is 9.82. The van der Waals surface area contributed by atoms with Crippen LogP contribution in [-0.2, 0) is 4.79 Å². The van der Waals surface area contributed by atoms with Crippen molar-refractivity contribution in [2.24, 2.45) is 0 Å². The molecule has 1 N–H and O–H groups in total. The van der Waals surface area contributed by atoms with Crippen molar-refractivity contribution in [1.29, 1.82) is 0 Å². The Kier molecular flexibility index (Phi) is 4.03. The maximum atomic E-state index is 11.6. The Hall–Kier alpha value is -2.11. The van der Waals surface area contributed by atoms with Crippen molar-refractivity contribution in [2.45, 2.75) is 0 Å². The van der Waals surface area contributed by atoms with Gasteiger partial charge in [-0.25, -0.2) is 4.98 Å². The summed E-state index contributed by atoms with van der Waals surface area (Å²) in [5.74, 6) is -0.546. The zero-order chi connectivity index (χ0) is 13.0. The number of hydrogen-bond acceptors (Lipinski definition) is 4. The van der Waals surface area contributed by atoms with Crippen LogP contribution < -0.4 is 4.90 Å². The van der Waals surface area contributed by atoms with Gasteiger partial charge in [-0.05, 0) is 12.1 Å². The summed E-state index contributed by atoms with van der Waals surface area (Å²) in [6.07, 6.45) is 1.44. The van der Waals surface area contributed by atoms with E-state index in [2.05, 4.69) is 4.98 Å². The Morgan fingerprint density at radius 3 is 2.35 bits per heavy atom. The molecular weight excluding hydrogens is 222 g/mol. The highest BCUT2D eigenvalue weighted by Gasteiger charge is 2.10. The van der Waals surface area contributed by atoms with Gasteiger partial charge in [0, 0.05) is 27.3 Å². The van der Waals surface area contributed by atoms with Crippen LogP contribution in [0.4, 0.5) is 5.82 Å². The first-order valence-corrected chi connectivity index (χ1v) is 5.02. The number of carboxylic acid groups (broad SMARTS) is 1. The SMILES string of the molecule is CN(C)C(=O)c1ccc(N(C)CC(=O)O)nc1. The third-order valence-electron chi connectivity index (χ3n) is 2.16. The molecule has 0 bridgehead atoms. The summed E-state index contributed by atoms with van der Waals surface area (Å²) in [5, 5.41) is 8.63. The molecule has 1 aromatic rings. The zero-order valence-corrected chi connectivity index (χ0v) is 10.0. The third-order valence-corrected chi connectivity index (χ3v) is 2.16. The van der Waals surface area contributed by atoms with E-state index in [1.807, 2.05) is 0 Å². The number of aromatic nitrogens is 1. The number of carboxylic acids is 1. The predicted molar refractivity (Wildman–Crippen MR) is 63.2 cm³/mol. The molecular formula is C11H15N3O3. The number of nitrogens with zero attached hydrogens (tertiary/aromatic N) is 3. The number of aliphatic carboxylic acids is 1. The van der Waals surface area contributed by atoms with Gasteiger partial charge in [0.2, 0.25) is 0 Å². The van der Waals surface area contributed by atoms with Gasteiger partial charge in [0.25, 0.3) is 5.91 Å².